The van der Waals surface area contributed by atoms with E-state index in [1.807, 2.05) is 12.1 Å². The normalized spacial score (nSPS) is 26.7. The van der Waals surface area contributed by atoms with Crippen LogP contribution in [0.3, 0.4) is 0 Å². The summed E-state index contributed by atoms with van der Waals surface area (Å²) in [5.74, 6) is 0.908. The molecule has 0 bridgehead atoms. The molecule has 0 saturated carbocycles. The summed E-state index contributed by atoms with van der Waals surface area (Å²) >= 11 is 0. The van der Waals surface area contributed by atoms with Gasteiger partial charge < -0.3 is 19.0 Å². The quantitative estimate of drug-likeness (QED) is 0.791. The maximum absolute atomic E-state index is 9.56. The molecular weight excluding hydrogens is 196 g/mol. The molecule has 4 nitrogen and oxygen atoms in total. The minimum Gasteiger partial charge on any atom is -0.469 e. The van der Waals surface area contributed by atoms with E-state index in [9.17, 15) is 5.11 Å². The Morgan fingerprint density at radius 2 is 1.93 bits per heavy atom. The second-order valence-corrected chi connectivity index (χ2v) is 4.48. The minimum atomic E-state index is -0.205. The van der Waals surface area contributed by atoms with Crippen molar-refractivity contribution in [1.29, 1.82) is 0 Å². The third kappa shape index (κ3) is 1.02. The van der Waals surface area contributed by atoms with Gasteiger partial charge in [0.25, 0.3) is 0 Å². The molecule has 0 amide bonds. The molecule has 0 unspecified atom stereocenters. The fourth-order valence-corrected chi connectivity index (χ4v) is 2.43. The lowest BCUT2D eigenvalue weighted by molar-refractivity contribution is -0.247. The smallest absolute Gasteiger partial charge is 0.115 e. The van der Waals surface area contributed by atoms with Crippen LogP contribution in [-0.4, -0.2) is 38.1 Å². The van der Waals surface area contributed by atoms with Gasteiger partial charge in [0.2, 0.25) is 0 Å². The highest BCUT2D eigenvalue weighted by Crippen LogP contribution is 2.51. The Bertz CT molecular complexity index is 330. The fraction of sp³-hybridized carbons (Fsp3) is 0.636. The van der Waals surface area contributed by atoms with Crippen molar-refractivity contribution in [3.8, 4) is 0 Å². The molecular formula is C11H14O4. The standard InChI is InChI=1S/C11H14O4/c12-4-10(5-13-6-10)11(7-14-8-11)9-2-1-3-15-9/h1-3,12H,4-8H2. The van der Waals surface area contributed by atoms with Crippen LogP contribution in [0, 0.1) is 5.41 Å². The second-order valence-electron chi connectivity index (χ2n) is 4.48. The van der Waals surface area contributed by atoms with Crippen molar-refractivity contribution in [3.63, 3.8) is 0 Å². The Balaban J connectivity index is 1.99. The molecule has 0 atom stereocenters. The number of aliphatic hydroxyl groups is 1. The van der Waals surface area contributed by atoms with E-state index in [-0.39, 0.29) is 17.4 Å². The van der Waals surface area contributed by atoms with Gasteiger partial charge in [-0.15, -0.1) is 0 Å². The van der Waals surface area contributed by atoms with Gasteiger partial charge in [0.1, 0.15) is 5.76 Å². The van der Waals surface area contributed by atoms with Crippen molar-refractivity contribution in [2.45, 2.75) is 5.41 Å². The first-order valence-corrected chi connectivity index (χ1v) is 5.13. The zero-order valence-corrected chi connectivity index (χ0v) is 8.44. The molecule has 2 aliphatic rings. The average Bonchev–Trinajstić information content (AvgIpc) is 2.60. The first-order valence-electron chi connectivity index (χ1n) is 5.13. The van der Waals surface area contributed by atoms with E-state index < -0.39 is 0 Å². The molecule has 15 heavy (non-hydrogen) atoms. The van der Waals surface area contributed by atoms with Gasteiger partial charge in [-0.25, -0.2) is 0 Å². The lowest BCUT2D eigenvalue weighted by Crippen LogP contribution is -2.68. The molecule has 1 aromatic heterocycles. The van der Waals surface area contributed by atoms with Crippen molar-refractivity contribution in [3.05, 3.63) is 24.2 Å². The van der Waals surface area contributed by atoms with Crippen LogP contribution in [0.2, 0.25) is 0 Å². The van der Waals surface area contributed by atoms with E-state index in [0.717, 1.165) is 5.76 Å². The van der Waals surface area contributed by atoms with Crippen LogP contribution < -0.4 is 0 Å². The first-order chi connectivity index (χ1) is 7.33. The molecule has 0 aliphatic carbocycles. The molecule has 2 fully saturated rings. The highest BCUT2D eigenvalue weighted by Gasteiger charge is 2.62. The van der Waals surface area contributed by atoms with Crippen LogP contribution in [0.4, 0.5) is 0 Å². The lowest BCUT2D eigenvalue weighted by Gasteiger charge is -2.57. The molecule has 0 spiro atoms. The summed E-state index contributed by atoms with van der Waals surface area (Å²) < 4.78 is 16.0. The summed E-state index contributed by atoms with van der Waals surface area (Å²) in [4.78, 5) is 0. The zero-order valence-electron chi connectivity index (χ0n) is 8.44. The van der Waals surface area contributed by atoms with Gasteiger partial charge in [-0.3, -0.25) is 0 Å². The molecule has 1 N–H and O–H groups in total. The van der Waals surface area contributed by atoms with Crippen LogP contribution in [0.1, 0.15) is 5.76 Å². The summed E-state index contributed by atoms with van der Waals surface area (Å²) in [6.07, 6.45) is 1.67. The van der Waals surface area contributed by atoms with E-state index in [1.165, 1.54) is 0 Å². The number of ether oxygens (including phenoxy) is 2. The molecule has 2 aliphatic heterocycles. The minimum absolute atomic E-state index is 0.122. The van der Waals surface area contributed by atoms with E-state index in [2.05, 4.69) is 0 Å². The average molecular weight is 210 g/mol. The first kappa shape index (κ1) is 9.39. The largest absolute Gasteiger partial charge is 0.469 e. The Labute approximate surface area is 87.8 Å². The summed E-state index contributed by atoms with van der Waals surface area (Å²) in [6, 6.07) is 3.83. The fourth-order valence-electron chi connectivity index (χ4n) is 2.43. The van der Waals surface area contributed by atoms with Crippen molar-refractivity contribution in [2.24, 2.45) is 5.41 Å². The predicted molar refractivity (Wildman–Crippen MR) is 51.5 cm³/mol. The van der Waals surface area contributed by atoms with Gasteiger partial charge >= 0.3 is 0 Å². The van der Waals surface area contributed by atoms with Crippen LogP contribution in [0.25, 0.3) is 0 Å². The lowest BCUT2D eigenvalue weighted by atomic mass is 9.59. The molecule has 0 aromatic carbocycles. The van der Waals surface area contributed by atoms with Crippen LogP contribution >= 0.6 is 0 Å². The van der Waals surface area contributed by atoms with Gasteiger partial charge in [-0.1, -0.05) is 0 Å². The maximum Gasteiger partial charge on any atom is 0.115 e. The highest BCUT2D eigenvalue weighted by atomic mass is 16.5. The van der Waals surface area contributed by atoms with Gasteiger partial charge in [0, 0.05) is 0 Å². The Kier molecular flexibility index (Phi) is 1.92. The highest BCUT2D eigenvalue weighted by molar-refractivity contribution is 5.25. The monoisotopic (exact) mass is 210 g/mol. The van der Waals surface area contributed by atoms with Crippen molar-refractivity contribution in [1.82, 2.24) is 0 Å². The summed E-state index contributed by atoms with van der Waals surface area (Å²) in [5.41, 5.74) is -0.382. The van der Waals surface area contributed by atoms with Crippen LogP contribution in [0.5, 0.6) is 0 Å². The molecule has 0 radical (unpaired) electrons. The van der Waals surface area contributed by atoms with E-state index >= 15 is 0 Å². The van der Waals surface area contributed by atoms with Crippen molar-refractivity contribution >= 4 is 0 Å². The number of hydrogen-bond acceptors (Lipinski definition) is 4. The predicted octanol–water partition coefficient (Wildman–Crippen LogP) is 0.556. The zero-order chi connectivity index (χ0) is 10.4. The summed E-state index contributed by atoms with van der Waals surface area (Å²) in [7, 11) is 0. The number of aliphatic hydroxyl groups excluding tert-OH is 1. The number of rotatable bonds is 3. The Morgan fingerprint density at radius 3 is 2.27 bits per heavy atom. The van der Waals surface area contributed by atoms with Gasteiger partial charge in [0.05, 0.1) is 50.1 Å². The third-order valence-corrected chi connectivity index (χ3v) is 3.76. The van der Waals surface area contributed by atoms with E-state index in [1.54, 1.807) is 6.26 Å². The SMILES string of the molecule is OCC1(C2(c3ccco3)COC2)COC1. The third-order valence-electron chi connectivity index (χ3n) is 3.76. The van der Waals surface area contributed by atoms with Crippen LogP contribution in [-0.2, 0) is 14.9 Å². The van der Waals surface area contributed by atoms with Gasteiger partial charge in [-0.2, -0.15) is 0 Å². The number of furan rings is 1. The molecule has 3 heterocycles. The van der Waals surface area contributed by atoms with E-state index in [4.69, 9.17) is 13.9 Å². The van der Waals surface area contributed by atoms with E-state index in [0.29, 0.717) is 26.4 Å². The molecule has 3 rings (SSSR count). The van der Waals surface area contributed by atoms with Gasteiger partial charge in [-0.05, 0) is 12.1 Å². The van der Waals surface area contributed by atoms with Gasteiger partial charge in [0.15, 0.2) is 0 Å². The number of hydrogen-bond donors (Lipinski definition) is 1. The molecule has 1 aromatic rings. The topological polar surface area (TPSA) is 51.8 Å². The van der Waals surface area contributed by atoms with Crippen molar-refractivity contribution in [2.75, 3.05) is 33.0 Å². The molecule has 4 heteroatoms. The van der Waals surface area contributed by atoms with Crippen molar-refractivity contribution < 1.29 is 19.0 Å². The molecule has 82 valence electrons. The maximum atomic E-state index is 9.56. The Hall–Kier alpha value is -0.840. The summed E-state index contributed by atoms with van der Waals surface area (Å²) in [5, 5.41) is 9.56. The second kappa shape index (κ2) is 3.07. The Morgan fingerprint density at radius 1 is 1.20 bits per heavy atom. The van der Waals surface area contributed by atoms with Crippen LogP contribution in [0.15, 0.2) is 22.8 Å². The summed E-state index contributed by atoms with van der Waals surface area (Å²) in [6.45, 7) is 2.53. The molecule has 2 saturated heterocycles.